The highest BCUT2D eigenvalue weighted by Crippen LogP contribution is 2.37. The van der Waals surface area contributed by atoms with Gasteiger partial charge in [0, 0.05) is 36.6 Å². The van der Waals surface area contributed by atoms with E-state index in [1.54, 1.807) is 11.3 Å². The molecule has 3 aromatic rings. The fraction of sp³-hybridized carbons (Fsp3) is 0.350. The Hall–Kier alpha value is -1.79. The fourth-order valence-electron chi connectivity index (χ4n) is 4.37. The molecule has 1 aromatic heterocycles. The molecule has 128 valence electrons. The third-order valence-electron chi connectivity index (χ3n) is 5.60. The first-order valence-corrected chi connectivity index (χ1v) is 9.86. The smallest absolute Gasteiger partial charge is 0.107 e. The van der Waals surface area contributed by atoms with Gasteiger partial charge in [-0.05, 0) is 22.8 Å². The van der Waals surface area contributed by atoms with Crippen LogP contribution in [-0.4, -0.2) is 29.0 Å². The summed E-state index contributed by atoms with van der Waals surface area (Å²) in [5.74, 6) is 0.583. The van der Waals surface area contributed by atoms with Gasteiger partial charge in [0.05, 0.1) is 12.6 Å². The molecule has 0 saturated carbocycles. The first-order chi connectivity index (χ1) is 12.4. The summed E-state index contributed by atoms with van der Waals surface area (Å²) in [6.07, 6.45) is 3.09. The van der Waals surface area contributed by atoms with Gasteiger partial charge >= 0.3 is 0 Å². The van der Waals surface area contributed by atoms with Crippen LogP contribution in [-0.2, 0) is 6.54 Å². The molecule has 2 saturated heterocycles. The van der Waals surface area contributed by atoms with Crippen molar-refractivity contribution in [2.24, 2.45) is 5.92 Å². The molecule has 4 nitrogen and oxygen atoms in total. The van der Waals surface area contributed by atoms with Crippen LogP contribution >= 0.6 is 11.3 Å². The van der Waals surface area contributed by atoms with E-state index in [0.29, 0.717) is 18.0 Å². The summed E-state index contributed by atoms with van der Waals surface area (Å²) in [7, 11) is 0. The van der Waals surface area contributed by atoms with Crippen LogP contribution in [0.25, 0.3) is 10.8 Å². The summed E-state index contributed by atoms with van der Waals surface area (Å²) < 4.78 is 0. The van der Waals surface area contributed by atoms with Crippen molar-refractivity contribution < 1.29 is 0 Å². The molecular formula is C20H22N4S. The predicted octanol–water partition coefficient (Wildman–Crippen LogP) is 3.34. The largest absolute Gasteiger partial charge is 0.296 e. The number of thiazole rings is 1. The standard InChI is InChI=1S/C20H22N4S/c1-2-6-15-14(4-1)5-3-7-16(15)20-17-12-24(10-8-18(17)22-23-20)13-19-21-9-11-25-19/h1-7,9,11,17-18,20,22-23H,8,10,12-13H2. The molecule has 0 spiro atoms. The molecular weight excluding hydrogens is 328 g/mol. The Balaban J connectivity index is 1.42. The van der Waals surface area contributed by atoms with Crippen molar-refractivity contribution in [3.63, 3.8) is 0 Å². The zero-order valence-corrected chi connectivity index (χ0v) is 14.9. The zero-order chi connectivity index (χ0) is 16.6. The number of likely N-dealkylation sites (tertiary alicyclic amines) is 1. The lowest BCUT2D eigenvalue weighted by atomic mass is 9.83. The van der Waals surface area contributed by atoms with Gasteiger partial charge in [-0.25, -0.2) is 10.4 Å². The Morgan fingerprint density at radius 3 is 2.96 bits per heavy atom. The lowest BCUT2D eigenvalue weighted by molar-refractivity contribution is 0.148. The van der Waals surface area contributed by atoms with E-state index in [4.69, 9.17) is 0 Å². The van der Waals surface area contributed by atoms with Crippen LogP contribution in [0.3, 0.4) is 0 Å². The molecule has 2 aliphatic heterocycles. The second-order valence-electron chi connectivity index (χ2n) is 7.05. The molecule has 0 bridgehead atoms. The van der Waals surface area contributed by atoms with E-state index in [-0.39, 0.29) is 0 Å². The Bertz CT molecular complexity index is 858. The second-order valence-corrected chi connectivity index (χ2v) is 8.03. The van der Waals surface area contributed by atoms with E-state index in [1.807, 2.05) is 6.20 Å². The summed E-state index contributed by atoms with van der Waals surface area (Å²) in [4.78, 5) is 7.02. The summed E-state index contributed by atoms with van der Waals surface area (Å²) >= 11 is 1.76. The number of aromatic nitrogens is 1. The van der Waals surface area contributed by atoms with Crippen molar-refractivity contribution >= 4 is 22.1 Å². The maximum atomic E-state index is 4.46. The van der Waals surface area contributed by atoms with Crippen LogP contribution in [0.4, 0.5) is 0 Å². The Morgan fingerprint density at radius 2 is 2.04 bits per heavy atom. The highest BCUT2D eigenvalue weighted by atomic mass is 32.1. The number of benzene rings is 2. The van der Waals surface area contributed by atoms with Gasteiger partial charge in [0.2, 0.25) is 0 Å². The van der Waals surface area contributed by atoms with Gasteiger partial charge in [-0.15, -0.1) is 11.3 Å². The van der Waals surface area contributed by atoms with E-state index in [9.17, 15) is 0 Å². The molecule has 0 radical (unpaired) electrons. The van der Waals surface area contributed by atoms with Gasteiger partial charge < -0.3 is 0 Å². The van der Waals surface area contributed by atoms with Gasteiger partial charge in [0.25, 0.3) is 0 Å². The van der Waals surface area contributed by atoms with Crippen LogP contribution in [0, 0.1) is 5.92 Å². The van der Waals surface area contributed by atoms with Crippen molar-refractivity contribution in [3.05, 3.63) is 64.6 Å². The first-order valence-electron chi connectivity index (χ1n) is 8.98. The summed E-state index contributed by atoms with van der Waals surface area (Å²) in [6, 6.07) is 16.3. The average Bonchev–Trinajstić information content (AvgIpc) is 3.31. The van der Waals surface area contributed by atoms with Gasteiger partial charge in [-0.3, -0.25) is 10.3 Å². The number of fused-ring (bicyclic) bond motifs is 2. The Labute approximate surface area is 151 Å². The Morgan fingerprint density at radius 1 is 1.12 bits per heavy atom. The Kier molecular flexibility index (Phi) is 4.02. The predicted molar refractivity (Wildman–Crippen MR) is 102 cm³/mol. The quantitative estimate of drug-likeness (QED) is 0.760. The molecule has 2 aromatic carbocycles. The zero-order valence-electron chi connectivity index (χ0n) is 14.1. The van der Waals surface area contributed by atoms with E-state index in [1.165, 1.54) is 27.8 Å². The van der Waals surface area contributed by atoms with Crippen LogP contribution < -0.4 is 10.9 Å². The molecule has 25 heavy (non-hydrogen) atoms. The van der Waals surface area contributed by atoms with Crippen LogP contribution in [0.2, 0.25) is 0 Å². The minimum atomic E-state index is 0.357. The molecule has 3 heterocycles. The van der Waals surface area contributed by atoms with Crippen molar-refractivity contribution in [1.82, 2.24) is 20.7 Å². The van der Waals surface area contributed by atoms with Crippen LogP contribution in [0.1, 0.15) is 23.0 Å². The molecule has 2 N–H and O–H groups in total. The summed E-state index contributed by atoms with van der Waals surface area (Å²) in [5.41, 5.74) is 8.57. The molecule has 5 rings (SSSR count). The lowest BCUT2D eigenvalue weighted by Crippen LogP contribution is -2.45. The maximum absolute atomic E-state index is 4.46. The van der Waals surface area contributed by atoms with Gasteiger partial charge in [0.1, 0.15) is 5.01 Å². The number of hydrogen-bond donors (Lipinski definition) is 2. The fourth-order valence-corrected chi connectivity index (χ4v) is 5.03. The number of piperidine rings is 1. The van der Waals surface area contributed by atoms with E-state index in [0.717, 1.165) is 19.6 Å². The topological polar surface area (TPSA) is 40.2 Å². The monoisotopic (exact) mass is 350 g/mol. The summed E-state index contributed by atoms with van der Waals surface area (Å²) in [6.45, 7) is 3.22. The first kappa shape index (κ1) is 15.5. The van der Waals surface area contributed by atoms with Crippen LogP contribution in [0.15, 0.2) is 54.0 Å². The minimum absolute atomic E-state index is 0.357. The molecule has 3 atom stereocenters. The third kappa shape index (κ3) is 2.87. The highest BCUT2D eigenvalue weighted by molar-refractivity contribution is 7.09. The molecule has 5 heteroatoms. The van der Waals surface area contributed by atoms with Crippen molar-refractivity contribution in [3.8, 4) is 0 Å². The number of nitrogens with one attached hydrogen (secondary N) is 2. The third-order valence-corrected chi connectivity index (χ3v) is 6.36. The number of rotatable bonds is 3. The van der Waals surface area contributed by atoms with Crippen molar-refractivity contribution in [1.29, 1.82) is 0 Å². The molecule has 0 amide bonds. The maximum Gasteiger partial charge on any atom is 0.107 e. The van der Waals surface area contributed by atoms with Crippen LogP contribution in [0.5, 0.6) is 0 Å². The van der Waals surface area contributed by atoms with Crippen molar-refractivity contribution in [2.75, 3.05) is 13.1 Å². The second kappa shape index (κ2) is 6.50. The average molecular weight is 350 g/mol. The molecule has 0 aliphatic carbocycles. The van der Waals surface area contributed by atoms with E-state index < -0.39 is 0 Å². The summed E-state index contributed by atoms with van der Waals surface area (Å²) in [5, 5.41) is 5.97. The van der Waals surface area contributed by atoms with Crippen molar-refractivity contribution in [2.45, 2.75) is 25.0 Å². The SMILES string of the molecule is c1ccc2c(C3NNC4CCN(Cc5nccs5)CC43)cccc2c1. The molecule has 2 fully saturated rings. The highest BCUT2D eigenvalue weighted by Gasteiger charge is 2.40. The minimum Gasteiger partial charge on any atom is -0.296 e. The van der Waals surface area contributed by atoms with Gasteiger partial charge in [0.15, 0.2) is 0 Å². The normalized spacial score (nSPS) is 26.8. The molecule has 3 unspecified atom stereocenters. The number of hydrogen-bond acceptors (Lipinski definition) is 5. The van der Waals surface area contributed by atoms with Gasteiger partial charge in [-0.1, -0.05) is 42.5 Å². The number of nitrogens with zero attached hydrogens (tertiary/aromatic N) is 2. The molecule has 2 aliphatic rings. The van der Waals surface area contributed by atoms with E-state index >= 15 is 0 Å². The van der Waals surface area contributed by atoms with E-state index in [2.05, 4.69) is 68.6 Å². The lowest BCUT2D eigenvalue weighted by Gasteiger charge is -2.36. The van der Waals surface area contributed by atoms with Gasteiger partial charge in [-0.2, -0.15) is 0 Å². The number of hydrazine groups is 1.